The second-order valence-electron chi connectivity index (χ2n) is 3.68. The summed E-state index contributed by atoms with van der Waals surface area (Å²) in [4.78, 5) is 14.3. The SMILES string of the molecule is Cc1ccc(-c2cc([N+](=O)[O-])ccc2O)nc1. The summed E-state index contributed by atoms with van der Waals surface area (Å²) in [7, 11) is 0. The lowest BCUT2D eigenvalue weighted by Gasteiger charge is -2.04. The van der Waals surface area contributed by atoms with Gasteiger partial charge in [0.25, 0.3) is 5.69 Å². The highest BCUT2D eigenvalue weighted by atomic mass is 16.6. The summed E-state index contributed by atoms with van der Waals surface area (Å²) in [5.41, 5.74) is 1.79. The summed E-state index contributed by atoms with van der Waals surface area (Å²) < 4.78 is 0. The lowest BCUT2D eigenvalue weighted by Crippen LogP contribution is -1.90. The third kappa shape index (κ3) is 2.23. The van der Waals surface area contributed by atoms with Crippen LogP contribution in [0.5, 0.6) is 5.75 Å². The van der Waals surface area contributed by atoms with Crippen LogP contribution in [-0.2, 0) is 0 Å². The molecule has 2 aromatic rings. The zero-order valence-electron chi connectivity index (χ0n) is 9.12. The normalized spacial score (nSPS) is 10.2. The number of pyridine rings is 1. The second kappa shape index (κ2) is 4.21. The highest BCUT2D eigenvalue weighted by Crippen LogP contribution is 2.31. The van der Waals surface area contributed by atoms with E-state index in [2.05, 4.69) is 4.98 Å². The minimum atomic E-state index is -0.503. The number of hydrogen-bond donors (Lipinski definition) is 1. The first-order chi connectivity index (χ1) is 8.08. The summed E-state index contributed by atoms with van der Waals surface area (Å²) in [6.45, 7) is 1.89. The first-order valence-corrected chi connectivity index (χ1v) is 4.98. The number of nitro benzene ring substituents is 1. The number of phenols is 1. The minimum Gasteiger partial charge on any atom is -0.507 e. The number of nitrogens with zero attached hydrogens (tertiary/aromatic N) is 2. The number of aromatic hydroxyl groups is 1. The van der Waals surface area contributed by atoms with Crippen LogP contribution in [0.25, 0.3) is 11.3 Å². The Hall–Kier alpha value is -2.43. The third-order valence-electron chi connectivity index (χ3n) is 2.38. The molecule has 0 bridgehead atoms. The topological polar surface area (TPSA) is 76.3 Å². The maximum Gasteiger partial charge on any atom is 0.270 e. The fourth-order valence-corrected chi connectivity index (χ4v) is 1.47. The molecule has 0 aliphatic heterocycles. The van der Waals surface area contributed by atoms with Crippen molar-refractivity contribution >= 4 is 5.69 Å². The van der Waals surface area contributed by atoms with Crippen LogP contribution in [-0.4, -0.2) is 15.0 Å². The molecule has 17 heavy (non-hydrogen) atoms. The van der Waals surface area contributed by atoms with E-state index < -0.39 is 4.92 Å². The van der Waals surface area contributed by atoms with Gasteiger partial charge in [0.1, 0.15) is 5.75 Å². The Morgan fingerprint density at radius 2 is 2.06 bits per heavy atom. The molecule has 0 unspecified atom stereocenters. The van der Waals surface area contributed by atoms with Crippen molar-refractivity contribution < 1.29 is 10.0 Å². The first kappa shape index (κ1) is 11.1. The average Bonchev–Trinajstić information content (AvgIpc) is 2.31. The van der Waals surface area contributed by atoms with Gasteiger partial charge in [-0.05, 0) is 24.6 Å². The number of nitro groups is 1. The highest BCUT2D eigenvalue weighted by Gasteiger charge is 2.12. The van der Waals surface area contributed by atoms with Crippen LogP contribution in [0, 0.1) is 17.0 Å². The monoisotopic (exact) mass is 230 g/mol. The van der Waals surface area contributed by atoms with Gasteiger partial charge in [0.2, 0.25) is 0 Å². The van der Waals surface area contributed by atoms with Gasteiger partial charge in [0, 0.05) is 23.9 Å². The van der Waals surface area contributed by atoms with Crippen LogP contribution in [0.15, 0.2) is 36.5 Å². The Balaban J connectivity index is 2.54. The van der Waals surface area contributed by atoms with Gasteiger partial charge >= 0.3 is 0 Å². The molecule has 0 amide bonds. The van der Waals surface area contributed by atoms with Gasteiger partial charge in [0.05, 0.1) is 10.6 Å². The molecule has 1 heterocycles. The molecule has 5 heteroatoms. The summed E-state index contributed by atoms with van der Waals surface area (Å²) in [5, 5.41) is 20.3. The molecular weight excluding hydrogens is 220 g/mol. The molecule has 0 fully saturated rings. The zero-order valence-corrected chi connectivity index (χ0v) is 9.12. The highest BCUT2D eigenvalue weighted by molar-refractivity contribution is 5.69. The Kier molecular flexibility index (Phi) is 2.74. The van der Waals surface area contributed by atoms with Gasteiger partial charge in [-0.25, -0.2) is 0 Å². The van der Waals surface area contributed by atoms with Crippen LogP contribution < -0.4 is 0 Å². The third-order valence-corrected chi connectivity index (χ3v) is 2.38. The van der Waals surface area contributed by atoms with Crippen molar-refractivity contribution in [2.75, 3.05) is 0 Å². The molecule has 0 saturated heterocycles. The van der Waals surface area contributed by atoms with Gasteiger partial charge < -0.3 is 5.11 Å². The molecule has 1 aromatic carbocycles. The van der Waals surface area contributed by atoms with Crippen molar-refractivity contribution in [2.45, 2.75) is 6.92 Å². The number of phenolic OH excluding ortho intramolecular Hbond substituents is 1. The van der Waals surface area contributed by atoms with E-state index in [4.69, 9.17) is 0 Å². The van der Waals surface area contributed by atoms with E-state index >= 15 is 0 Å². The molecule has 0 radical (unpaired) electrons. The molecule has 0 aliphatic carbocycles. The molecule has 1 N–H and O–H groups in total. The van der Waals surface area contributed by atoms with Gasteiger partial charge in [-0.1, -0.05) is 6.07 Å². The maximum absolute atomic E-state index is 10.7. The van der Waals surface area contributed by atoms with E-state index in [0.29, 0.717) is 11.3 Å². The van der Waals surface area contributed by atoms with Gasteiger partial charge in [-0.3, -0.25) is 15.1 Å². The quantitative estimate of drug-likeness (QED) is 0.635. The van der Waals surface area contributed by atoms with Crippen molar-refractivity contribution in [1.82, 2.24) is 4.98 Å². The first-order valence-electron chi connectivity index (χ1n) is 4.98. The van der Waals surface area contributed by atoms with E-state index in [1.807, 2.05) is 13.0 Å². The average molecular weight is 230 g/mol. The molecule has 0 atom stereocenters. The number of rotatable bonds is 2. The van der Waals surface area contributed by atoms with E-state index in [1.165, 1.54) is 18.2 Å². The van der Waals surface area contributed by atoms with Crippen molar-refractivity contribution in [3.05, 3.63) is 52.2 Å². The van der Waals surface area contributed by atoms with Crippen molar-refractivity contribution in [2.24, 2.45) is 0 Å². The fourth-order valence-electron chi connectivity index (χ4n) is 1.47. The molecule has 86 valence electrons. The van der Waals surface area contributed by atoms with Gasteiger partial charge in [-0.15, -0.1) is 0 Å². The lowest BCUT2D eigenvalue weighted by atomic mass is 10.1. The van der Waals surface area contributed by atoms with E-state index in [0.717, 1.165) is 5.56 Å². The van der Waals surface area contributed by atoms with Gasteiger partial charge in [0.15, 0.2) is 0 Å². The maximum atomic E-state index is 10.7. The van der Waals surface area contributed by atoms with Crippen molar-refractivity contribution in [3.8, 4) is 17.0 Å². The number of benzene rings is 1. The molecule has 2 rings (SSSR count). The van der Waals surface area contributed by atoms with Crippen molar-refractivity contribution in [3.63, 3.8) is 0 Å². The Bertz CT molecular complexity index is 564. The van der Waals surface area contributed by atoms with E-state index in [1.54, 1.807) is 12.3 Å². The Labute approximate surface area is 97.5 Å². The van der Waals surface area contributed by atoms with Gasteiger partial charge in [-0.2, -0.15) is 0 Å². The van der Waals surface area contributed by atoms with E-state index in [-0.39, 0.29) is 11.4 Å². The largest absolute Gasteiger partial charge is 0.507 e. The minimum absolute atomic E-state index is 0.0213. The van der Waals surface area contributed by atoms with Crippen LogP contribution in [0.4, 0.5) is 5.69 Å². The predicted octanol–water partition coefficient (Wildman–Crippen LogP) is 2.67. The van der Waals surface area contributed by atoms with Crippen LogP contribution in [0.1, 0.15) is 5.56 Å². The molecule has 1 aromatic heterocycles. The molecule has 0 saturated carbocycles. The zero-order chi connectivity index (χ0) is 12.4. The van der Waals surface area contributed by atoms with Crippen LogP contribution >= 0.6 is 0 Å². The van der Waals surface area contributed by atoms with Crippen molar-refractivity contribution in [1.29, 1.82) is 0 Å². The second-order valence-corrected chi connectivity index (χ2v) is 3.68. The van der Waals surface area contributed by atoms with E-state index in [9.17, 15) is 15.2 Å². The molecule has 0 spiro atoms. The number of aryl methyl sites for hydroxylation is 1. The molecular formula is C12H10N2O3. The standard InChI is InChI=1S/C12H10N2O3/c1-8-2-4-11(13-7-8)10-6-9(14(16)17)3-5-12(10)15/h2-7,15H,1H3. The summed E-state index contributed by atoms with van der Waals surface area (Å²) in [5.74, 6) is -0.0213. The fraction of sp³-hybridized carbons (Fsp3) is 0.0833. The molecule has 0 aliphatic rings. The summed E-state index contributed by atoms with van der Waals surface area (Å²) in [6, 6.07) is 7.42. The smallest absolute Gasteiger partial charge is 0.270 e. The lowest BCUT2D eigenvalue weighted by molar-refractivity contribution is -0.384. The van der Waals surface area contributed by atoms with Crippen LogP contribution in [0.2, 0.25) is 0 Å². The number of aromatic nitrogens is 1. The Morgan fingerprint density at radius 3 is 2.65 bits per heavy atom. The predicted molar refractivity (Wildman–Crippen MR) is 62.7 cm³/mol. The Morgan fingerprint density at radius 1 is 1.29 bits per heavy atom. The number of non-ortho nitro benzene ring substituents is 1. The van der Waals surface area contributed by atoms with Crippen LogP contribution in [0.3, 0.4) is 0 Å². The number of hydrogen-bond acceptors (Lipinski definition) is 4. The summed E-state index contributed by atoms with van der Waals surface area (Å²) >= 11 is 0. The molecule has 5 nitrogen and oxygen atoms in total. The summed E-state index contributed by atoms with van der Waals surface area (Å²) in [6.07, 6.45) is 1.65.